The molecular weight excluding hydrogens is 232 g/mol. The summed E-state index contributed by atoms with van der Waals surface area (Å²) in [6.45, 7) is 4.07. The number of hydrogen-bond donors (Lipinski definition) is 2. The van der Waals surface area contributed by atoms with Crippen LogP contribution in [0, 0.1) is 6.92 Å². The Morgan fingerprint density at radius 2 is 2.11 bits per heavy atom. The van der Waals surface area contributed by atoms with Crippen LogP contribution in [-0.2, 0) is 9.53 Å². The molecule has 18 heavy (non-hydrogen) atoms. The number of nitrogens with two attached hydrogens (primary N) is 1. The molecule has 1 amide bonds. The molecule has 0 aliphatic heterocycles. The predicted molar refractivity (Wildman–Crippen MR) is 69.2 cm³/mol. The Kier molecular flexibility index (Phi) is 5.17. The molecule has 0 atom stereocenters. The number of amides is 1. The lowest BCUT2D eigenvalue weighted by atomic mass is 10.1. The van der Waals surface area contributed by atoms with Crippen LogP contribution in [0.3, 0.4) is 0 Å². The van der Waals surface area contributed by atoms with Crippen molar-refractivity contribution in [2.75, 3.05) is 18.9 Å². The number of nitrogen functional groups attached to an aromatic ring is 1. The van der Waals surface area contributed by atoms with E-state index in [1.54, 1.807) is 25.1 Å². The number of hydrogen-bond acceptors (Lipinski definition) is 4. The third-order valence-corrected chi connectivity index (χ3v) is 2.41. The van der Waals surface area contributed by atoms with E-state index in [1.807, 2.05) is 6.92 Å². The molecule has 0 saturated heterocycles. The normalized spacial score (nSPS) is 9.89. The smallest absolute Gasteiger partial charge is 0.338 e. The zero-order valence-corrected chi connectivity index (χ0v) is 10.7. The summed E-state index contributed by atoms with van der Waals surface area (Å²) in [5.41, 5.74) is 7.47. The summed E-state index contributed by atoms with van der Waals surface area (Å²) < 4.78 is 4.89. The summed E-state index contributed by atoms with van der Waals surface area (Å²) in [7, 11) is 0. The van der Waals surface area contributed by atoms with Gasteiger partial charge in [0.1, 0.15) is 0 Å². The van der Waals surface area contributed by atoms with Crippen molar-refractivity contribution < 1.29 is 14.3 Å². The summed E-state index contributed by atoms with van der Waals surface area (Å²) in [4.78, 5) is 22.9. The monoisotopic (exact) mass is 250 g/mol. The lowest BCUT2D eigenvalue weighted by molar-refractivity contribution is -0.124. The number of anilines is 1. The van der Waals surface area contributed by atoms with Gasteiger partial charge in [-0.1, -0.05) is 6.92 Å². The van der Waals surface area contributed by atoms with Gasteiger partial charge in [0, 0.05) is 12.2 Å². The number of carbonyl (C=O) groups excluding carboxylic acids is 2. The van der Waals surface area contributed by atoms with Crippen LogP contribution in [-0.4, -0.2) is 25.0 Å². The molecule has 0 fully saturated rings. The zero-order valence-electron chi connectivity index (χ0n) is 10.7. The molecule has 0 aromatic heterocycles. The molecule has 3 N–H and O–H groups in total. The van der Waals surface area contributed by atoms with Gasteiger partial charge < -0.3 is 15.8 Å². The van der Waals surface area contributed by atoms with Gasteiger partial charge in [0.05, 0.1) is 5.56 Å². The topological polar surface area (TPSA) is 81.4 Å². The number of benzene rings is 1. The van der Waals surface area contributed by atoms with Crippen molar-refractivity contribution in [3.63, 3.8) is 0 Å². The first kappa shape index (κ1) is 14.0. The van der Waals surface area contributed by atoms with E-state index >= 15 is 0 Å². The lowest BCUT2D eigenvalue weighted by Crippen LogP contribution is -2.29. The summed E-state index contributed by atoms with van der Waals surface area (Å²) in [5, 5.41) is 2.62. The highest BCUT2D eigenvalue weighted by Gasteiger charge is 2.10. The minimum atomic E-state index is -0.523. The van der Waals surface area contributed by atoms with E-state index in [0.29, 0.717) is 17.8 Å². The molecule has 0 spiro atoms. The van der Waals surface area contributed by atoms with Gasteiger partial charge in [-0.15, -0.1) is 0 Å². The van der Waals surface area contributed by atoms with Crippen LogP contribution in [0.5, 0.6) is 0 Å². The van der Waals surface area contributed by atoms with Crippen molar-refractivity contribution in [2.45, 2.75) is 20.3 Å². The van der Waals surface area contributed by atoms with E-state index in [2.05, 4.69) is 5.32 Å². The van der Waals surface area contributed by atoms with Crippen LogP contribution in [0.15, 0.2) is 18.2 Å². The van der Waals surface area contributed by atoms with Gasteiger partial charge in [0.25, 0.3) is 5.91 Å². The van der Waals surface area contributed by atoms with Gasteiger partial charge >= 0.3 is 5.97 Å². The molecule has 0 heterocycles. The van der Waals surface area contributed by atoms with Gasteiger partial charge in [0.15, 0.2) is 6.61 Å². The molecule has 0 radical (unpaired) electrons. The van der Waals surface area contributed by atoms with E-state index in [1.165, 1.54) is 0 Å². The summed E-state index contributed by atoms with van der Waals surface area (Å²) >= 11 is 0. The van der Waals surface area contributed by atoms with Crippen molar-refractivity contribution in [1.82, 2.24) is 5.32 Å². The van der Waals surface area contributed by atoms with Crippen LogP contribution in [0.2, 0.25) is 0 Å². The second kappa shape index (κ2) is 6.64. The highest BCUT2D eigenvalue weighted by atomic mass is 16.5. The number of rotatable bonds is 5. The van der Waals surface area contributed by atoms with Crippen LogP contribution < -0.4 is 11.1 Å². The van der Waals surface area contributed by atoms with Crippen molar-refractivity contribution in [1.29, 1.82) is 0 Å². The largest absolute Gasteiger partial charge is 0.452 e. The first-order valence-corrected chi connectivity index (χ1v) is 5.84. The van der Waals surface area contributed by atoms with E-state index in [4.69, 9.17) is 10.5 Å². The SMILES string of the molecule is CCCNC(=O)COC(=O)c1ccc(N)c(C)c1. The highest BCUT2D eigenvalue weighted by molar-refractivity contribution is 5.92. The summed E-state index contributed by atoms with van der Waals surface area (Å²) in [6, 6.07) is 4.86. The zero-order chi connectivity index (χ0) is 13.5. The van der Waals surface area contributed by atoms with E-state index in [0.717, 1.165) is 12.0 Å². The van der Waals surface area contributed by atoms with Crippen LogP contribution in [0.4, 0.5) is 5.69 Å². The molecule has 1 aromatic rings. The lowest BCUT2D eigenvalue weighted by Gasteiger charge is -2.07. The molecule has 5 nitrogen and oxygen atoms in total. The van der Waals surface area contributed by atoms with Gasteiger partial charge in [0.2, 0.25) is 0 Å². The quantitative estimate of drug-likeness (QED) is 0.609. The fourth-order valence-corrected chi connectivity index (χ4v) is 1.33. The minimum absolute atomic E-state index is 0.262. The van der Waals surface area contributed by atoms with Gasteiger partial charge in [-0.2, -0.15) is 0 Å². The molecule has 1 aromatic carbocycles. The molecule has 0 unspecified atom stereocenters. The Morgan fingerprint density at radius 1 is 1.39 bits per heavy atom. The Hall–Kier alpha value is -2.04. The number of esters is 1. The molecule has 0 saturated carbocycles. The summed E-state index contributed by atoms with van der Waals surface area (Å²) in [5.74, 6) is -0.817. The van der Waals surface area contributed by atoms with Crippen molar-refractivity contribution >= 4 is 17.6 Å². The maximum Gasteiger partial charge on any atom is 0.338 e. The number of carbonyl (C=O) groups is 2. The van der Waals surface area contributed by atoms with E-state index in [-0.39, 0.29) is 12.5 Å². The molecule has 0 bridgehead atoms. The molecule has 98 valence electrons. The molecule has 5 heteroatoms. The minimum Gasteiger partial charge on any atom is -0.452 e. The van der Waals surface area contributed by atoms with Crippen molar-refractivity contribution in [3.8, 4) is 0 Å². The van der Waals surface area contributed by atoms with Gasteiger partial charge in [-0.3, -0.25) is 4.79 Å². The molecular formula is C13H18N2O3. The van der Waals surface area contributed by atoms with E-state index in [9.17, 15) is 9.59 Å². The predicted octanol–water partition coefficient (Wildman–Crippen LogP) is 1.26. The highest BCUT2D eigenvalue weighted by Crippen LogP contribution is 2.13. The fraction of sp³-hybridized carbons (Fsp3) is 0.385. The average Bonchev–Trinajstić information content (AvgIpc) is 2.36. The Bertz CT molecular complexity index is 444. The summed E-state index contributed by atoms with van der Waals surface area (Å²) in [6.07, 6.45) is 0.844. The second-order valence-corrected chi connectivity index (χ2v) is 4.00. The van der Waals surface area contributed by atoms with Gasteiger partial charge in [-0.05, 0) is 37.1 Å². The number of aryl methyl sites for hydroxylation is 1. The Labute approximate surface area is 106 Å². The van der Waals surface area contributed by atoms with Crippen molar-refractivity contribution in [2.24, 2.45) is 0 Å². The number of nitrogens with one attached hydrogen (secondary N) is 1. The molecule has 0 aliphatic carbocycles. The maximum atomic E-state index is 11.6. The number of ether oxygens (including phenoxy) is 1. The maximum absolute atomic E-state index is 11.6. The first-order valence-electron chi connectivity index (χ1n) is 5.84. The molecule has 0 aliphatic rings. The average molecular weight is 250 g/mol. The second-order valence-electron chi connectivity index (χ2n) is 4.00. The van der Waals surface area contributed by atoms with Crippen LogP contribution >= 0.6 is 0 Å². The fourth-order valence-electron chi connectivity index (χ4n) is 1.33. The van der Waals surface area contributed by atoms with Gasteiger partial charge in [-0.25, -0.2) is 4.79 Å². The van der Waals surface area contributed by atoms with Crippen LogP contribution in [0.1, 0.15) is 29.3 Å². The Morgan fingerprint density at radius 3 is 2.72 bits per heavy atom. The third kappa shape index (κ3) is 4.08. The third-order valence-electron chi connectivity index (χ3n) is 2.41. The Balaban J connectivity index is 2.50. The molecule has 1 rings (SSSR count). The van der Waals surface area contributed by atoms with E-state index < -0.39 is 5.97 Å². The standard InChI is InChI=1S/C13H18N2O3/c1-3-6-15-12(16)8-18-13(17)10-4-5-11(14)9(2)7-10/h4-5,7H,3,6,8,14H2,1-2H3,(H,15,16). The van der Waals surface area contributed by atoms with Crippen molar-refractivity contribution in [3.05, 3.63) is 29.3 Å². The first-order chi connectivity index (χ1) is 8.54. The van der Waals surface area contributed by atoms with Crippen LogP contribution in [0.25, 0.3) is 0 Å².